The van der Waals surface area contributed by atoms with E-state index in [0.717, 1.165) is 35.8 Å². The van der Waals surface area contributed by atoms with Crippen LogP contribution in [0.25, 0.3) is 6.08 Å². The summed E-state index contributed by atoms with van der Waals surface area (Å²) in [6.07, 6.45) is 3.44. The standard InChI is InChI=1S/C15H16N4O/c1-2-11-9-17-15(16)18-14(11)19-7-8-20-13-6-4-3-5-12(13)10-19/h2-6,9H,1,7-8,10H2,(H2,16,17,18). The zero-order valence-electron chi connectivity index (χ0n) is 11.1. The van der Waals surface area contributed by atoms with Crippen molar-refractivity contribution in [2.75, 3.05) is 23.8 Å². The number of nitrogens with two attached hydrogens (primary N) is 1. The van der Waals surface area contributed by atoms with Crippen LogP contribution in [0.4, 0.5) is 11.8 Å². The Morgan fingerprint density at radius 3 is 3.05 bits per heavy atom. The zero-order valence-corrected chi connectivity index (χ0v) is 11.1. The van der Waals surface area contributed by atoms with E-state index in [2.05, 4.69) is 27.5 Å². The molecule has 102 valence electrons. The second-order valence-electron chi connectivity index (χ2n) is 4.59. The van der Waals surface area contributed by atoms with Gasteiger partial charge in [0, 0.05) is 23.9 Å². The summed E-state index contributed by atoms with van der Waals surface area (Å²) >= 11 is 0. The van der Waals surface area contributed by atoms with Crippen LogP contribution in [0.3, 0.4) is 0 Å². The van der Waals surface area contributed by atoms with E-state index in [4.69, 9.17) is 10.5 Å². The fourth-order valence-electron chi connectivity index (χ4n) is 2.30. The van der Waals surface area contributed by atoms with Gasteiger partial charge in [-0.1, -0.05) is 30.9 Å². The maximum atomic E-state index is 5.76. The molecule has 1 aromatic heterocycles. The predicted octanol–water partition coefficient (Wildman–Crippen LogP) is 2.10. The summed E-state index contributed by atoms with van der Waals surface area (Å²) < 4.78 is 5.76. The summed E-state index contributed by atoms with van der Waals surface area (Å²) in [5, 5.41) is 0. The van der Waals surface area contributed by atoms with Crippen molar-refractivity contribution in [1.29, 1.82) is 0 Å². The first kappa shape index (κ1) is 12.5. The minimum Gasteiger partial charge on any atom is -0.491 e. The van der Waals surface area contributed by atoms with Crippen LogP contribution in [0.5, 0.6) is 5.75 Å². The highest BCUT2D eigenvalue weighted by molar-refractivity contribution is 5.63. The molecular weight excluding hydrogens is 252 g/mol. The van der Waals surface area contributed by atoms with E-state index in [1.807, 2.05) is 18.2 Å². The number of hydrogen-bond acceptors (Lipinski definition) is 5. The van der Waals surface area contributed by atoms with Crippen molar-refractivity contribution in [3.05, 3.63) is 48.2 Å². The molecule has 0 spiro atoms. The van der Waals surface area contributed by atoms with Crippen LogP contribution in [0, 0.1) is 0 Å². The molecule has 1 aliphatic heterocycles. The lowest BCUT2D eigenvalue weighted by molar-refractivity contribution is 0.331. The van der Waals surface area contributed by atoms with Crippen molar-refractivity contribution in [3.63, 3.8) is 0 Å². The van der Waals surface area contributed by atoms with Gasteiger partial charge in [0.05, 0.1) is 6.54 Å². The minimum absolute atomic E-state index is 0.268. The molecule has 0 amide bonds. The number of rotatable bonds is 2. The van der Waals surface area contributed by atoms with E-state index in [0.29, 0.717) is 6.61 Å². The van der Waals surface area contributed by atoms with Crippen LogP contribution in [0.15, 0.2) is 37.0 Å². The lowest BCUT2D eigenvalue weighted by Gasteiger charge is -2.22. The Labute approximate surface area is 117 Å². The molecule has 0 saturated carbocycles. The number of hydrogen-bond donors (Lipinski definition) is 1. The average molecular weight is 268 g/mol. The second kappa shape index (κ2) is 5.21. The number of nitrogens with zero attached hydrogens (tertiary/aromatic N) is 3. The minimum atomic E-state index is 0.268. The van der Waals surface area contributed by atoms with E-state index >= 15 is 0 Å². The summed E-state index contributed by atoms with van der Waals surface area (Å²) in [7, 11) is 0. The maximum Gasteiger partial charge on any atom is 0.221 e. The highest BCUT2D eigenvalue weighted by Crippen LogP contribution is 2.27. The number of aromatic nitrogens is 2. The Balaban J connectivity index is 1.99. The summed E-state index contributed by atoms with van der Waals surface area (Å²) in [5.41, 5.74) is 7.72. The van der Waals surface area contributed by atoms with Crippen molar-refractivity contribution < 1.29 is 4.74 Å². The molecule has 0 unspecified atom stereocenters. The maximum absolute atomic E-state index is 5.76. The van der Waals surface area contributed by atoms with Crippen LogP contribution in [0.2, 0.25) is 0 Å². The SMILES string of the molecule is C=Cc1cnc(N)nc1N1CCOc2ccccc2C1. The smallest absolute Gasteiger partial charge is 0.221 e. The van der Waals surface area contributed by atoms with Crippen molar-refractivity contribution in [3.8, 4) is 5.75 Å². The van der Waals surface area contributed by atoms with E-state index in [9.17, 15) is 0 Å². The quantitative estimate of drug-likeness (QED) is 0.903. The third-order valence-corrected chi connectivity index (χ3v) is 3.29. The van der Waals surface area contributed by atoms with Gasteiger partial charge in [-0.3, -0.25) is 0 Å². The highest BCUT2D eigenvalue weighted by Gasteiger charge is 2.18. The van der Waals surface area contributed by atoms with Crippen LogP contribution in [0.1, 0.15) is 11.1 Å². The van der Waals surface area contributed by atoms with Crippen molar-refractivity contribution in [2.24, 2.45) is 0 Å². The Bertz CT molecular complexity index is 642. The number of benzene rings is 1. The van der Waals surface area contributed by atoms with E-state index < -0.39 is 0 Å². The van der Waals surface area contributed by atoms with Crippen LogP contribution < -0.4 is 15.4 Å². The molecule has 0 fully saturated rings. The van der Waals surface area contributed by atoms with Gasteiger partial charge in [0.2, 0.25) is 5.95 Å². The first-order valence-electron chi connectivity index (χ1n) is 6.48. The van der Waals surface area contributed by atoms with Gasteiger partial charge < -0.3 is 15.4 Å². The fraction of sp³-hybridized carbons (Fsp3) is 0.200. The van der Waals surface area contributed by atoms with Gasteiger partial charge in [-0.05, 0) is 6.07 Å². The molecular formula is C15H16N4O. The summed E-state index contributed by atoms with van der Waals surface area (Å²) in [6, 6.07) is 8.04. The first-order chi connectivity index (χ1) is 9.78. The summed E-state index contributed by atoms with van der Waals surface area (Å²) in [5.74, 6) is 1.99. The zero-order chi connectivity index (χ0) is 13.9. The molecule has 5 nitrogen and oxygen atoms in total. The number of anilines is 2. The third kappa shape index (κ3) is 2.30. The molecule has 0 atom stereocenters. The third-order valence-electron chi connectivity index (χ3n) is 3.29. The Hall–Kier alpha value is -2.56. The lowest BCUT2D eigenvalue weighted by Crippen LogP contribution is -2.27. The molecule has 0 saturated heterocycles. The van der Waals surface area contributed by atoms with Gasteiger partial charge >= 0.3 is 0 Å². The molecule has 3 rings (SSSR count). The molecule has 2 aromatic rings. The van der Waals surface area contributed by atoms with Gasteiger partial charge in [-0.2, -0.15) is 4.98 Å². The number of para-hydroxylation sites is 1. The van der Waals surface area contributed by atoms with Gasteiger partial charge in [-0.15, -0.1) is 0 Å². The van der Waals surface area contributed by atoms with Gasteiger partial charge in [-0.25, -0.2) is 4.98 Å². The topological polar surface area (TPSA) is 64.3 Å². The predicted molar refractivity (Wildman–Crippen MR) is 79.5 cm³/mol. The van der Waals surface area contributed by atoms with Crippen molar-refractivity contribution in [2.45, 2.75) is 6.54 Å². The molecule has 1 aromatic carbocycles. The Morgan fingerprint density at radius 2 is 2.20 bits per heavy atom. The van der Waals surface area contributed by atoms with Crippen LogP contribution in [-0.2, 0) is 6.54 Å². The molecule has 0 bridgehead atoms. The van der Waals surface area contributed by atoms with Crippen LogP contribution >= 0.6 is 0 Å². The fourth-order valence-corrected chi connectivity index (χ4v) is 2.30. The Morgan fingerprint density at radius 1 is 1.35 bits per heavy atom. The molecule has 1 aliphatic rings. The highest BCUT2D eigenvalue weighted by atomic mass is 16.5. The van der Waals surface area contributed by atoms with E-state index in [1.54, 1.807) is 12.3 Å². The van der Waals surface area contributed by atoms with Gasteiger partial charge in [0.1, 0.15) is 18.2 Å². The number of ether oxygens (including phenoxy) is 1. The lowest BCUT2D eigenvalue weighted by atomic mass is 10.2. The monoisotopic (exact) mass is 268 g/mol. The number of nitrogen functional groups attached to an aromatic ring is 1. The molecule has 0 radical (unpaired) electrons. The summed E-state index contributed by atoms with van der Waals surface area (Å²) in [6.45, 7) is 5.89. The van der Waals surface area contributed by atoms with Gasteiger partial charge in [0.15, 0.2) is 0 Å². The first-order valence-corrected chi connectivity index (χ1v) is 6.48. The Kier molecular flexibility index (Phi) is 3.25. The van der Waals surface area contributed by atoms with Crippen LogP contribution in [-0.4, -0.2) is 23.1 Å². The molecule has 20 heavy (non-hydrogen) atoms. The van der Waals surface area contributed by atoms with Crippen molar-refractivity contribution in [1.82, 2.24) is 9.97 Å². The van der Waals surface area contributed by atoms with Crippen molar-refractivity contribution >= 4 is 17.8 Å². The second-order valence-corrected chi connectivity index (χ2v) is 4.59. The largest absolute Gasteiger partial charge is 0.491 e. The van der Waals surface area contributed by atoms with Gasteiger partial charge in [0.25, 0.3) is 0 Å². The van der Waals surface area contributed by atoms with E-state index in [1.165, 1.54) is 0 Å². The number of fused-ring (bicyclic) bond motifs is 1. The molecule has 2 N–H and O–H groups in total. The summed E-state index contributed by atoms with van der Waals surface area (Å²) in [4.78, 5) is 10.5. The molecule has 5 heteroatoms. The molecule has 0 aliphatic carbocycles. The normalized spacial score (nSPS) is 14.1. The van der Waals surface area contributed by atoms with E-state index in [-0.39, 0.29) is 5.95 Å². The molecule has 2 heterocycles. The average Bonchev–Trinajstić information content (AvgIpc) is 2.69.